The Hall–Kier alpha value is -0.730. The molecule has 0 radical (unpaired) electrons. The van der Waals surface area contributed by atoms with E-state index in [4.69, 9.17) is 9.47 Å². The molecule has 0 unspecified atom stereocenters. The van der Waals surface area contributed by atoms with Crippen LogP contribution >= 0.6 is 0 Å². The second-order valence-electron chi connectivity index (χ2n) is 4.75. The van der Waals surface area contributed by atoms with Crippen LogP contribution in [0.25, 0.3) is 0 Å². The van der Waals surface area contributed by atoms with Gasteiger partial charge in [-0.1, -0.05) is 6.92 Å². The summed E-state index contributed by atoms with van der Waals surface area (Å²) < 4.78 is 9.94. The molecule has 0 saturated heterocycles. The molecular formula is C10H18O3. The predicted octanol–water partition coefficient (Wildman–Crippen LogP) is 2.59. The smallest absolute Gasteiger partial charge is 0.434 e. The largest absolute Gasteiger partial charge is 0.508 e. The average molecular weight is 186 g/mol. The van der Waals surface area contributed by atoms with Crippen molar-refractivity contribution in [1.29, 1.82) is 0 Å². The molecule has 0 spiro atoms. The maximum Gasteiger partial charge on any atom is 0.508 e. The van der Waals surface area contributed by atoms with Crippen LogP contribution in [0, 0.1) is 11.8 Å². The summed E-state index contributed by atoms with van der Waals surface area (Å²) in [4.78, 5) is 11.1. The molecule has 2 atom stereocenters. The van der Waals surface area contributed by atoms with Crippen molar-refractivity contribution in [2.45, 2.75) is 39.7 Å². The Morgan fingerprint density at radius 1 is 1.46 bits per heavy atom. The lowest BCUT2D eigenvalue weighted by Crippen LogP contribution is -2.24. The summed E-state index contributed by atoms with van der Waals surface area (Å²) in [7, 11) is 0. The van der Waals surface area contributed by atoms with E-state index in [0.717, 1.165) is 0 Å². The van der Waals surface area contributed by atoms with Gasteiger partial charge in [0.25, 0.3) is 0 Å². The second-order valence-corrected chi connectivity index (χ2v) is 4.75. The molecule has 1 aliphatic rings. The van der Waals surface area contributed by atoms with Crippen LogP contribution in [0.2, 0.25) is 0 Å². The number of ether oxygens (including phenoxy) is 2. The third-order valence-corrected chi connectivity index (χ3v) is 2.08. The lowest BCUT2D eigenvalue weighted by molar-refractivity contribution is -0.00935. The van der Waals surface area contributed by atoms with Gasteiger partial charge in [-0.25, -0.2) is 4.79 Å². The summed E-state index contributed by atoms with van der Waals surface area (Å²) in [6, 6.07) is 0. The molecule has 0 N–H and O–H groups in total. The Bertz CT molecular complexity index is 193. The molecule has 3 heteroatoms. The van der Waals surface area contributed by atoms with Crippen LogP contribution < -0.4 is 0 Å². The Kier molecular flexibility index (Phi) is 2.84. The van der Waals surface area contributed by atoms with Crippen molar-refractivity contribution in [3.63, 3.8) is 0 Å². The number of hydrogen-bond acceptors (Lipinski definition) is 3. The third kappa shape index (κ3) is 4.15. The molecule has 1 fully saturated rings. The Balaban J connectivity index is 2.11. The van der Waals surface area contributed by atoms with Gasteiger partial charge in [0, 0.05) is 0 Å². The van der Waals surface area contributed by atoms with Crippen LogP contribution in [-0.2, 0) is 9.47 Å². The summed E-state index contributed by atoms with van der Waals surface area (Å²) in [6.45, 7) is 8.15. The number of rotatable bonds is 2. The molecule has 0 amide bonds. The molecule has 0 aliphatic heterocycles. The first-order valence-corrected chi connectivity index (χ1v) is 4.74. The molecular weight excluding hydrogens is 168 g/mol. The monoisotopic (exact) mass is 186 g/mol. The van der Waals surface area contributed by atoms with Gasteiger partial charge in [-0.3, -0.25) is 0 Å². The predicted molar refractivity (Wildman–Crippen MR) is 49.5 cm³/mol. The Labute approximate surface area is 79.4 Å². The zero-order valence-corrected chi connectivity index (χ0v) is 8.79. The van der Waals surface area contributed by atoms with Crippen molar-refractivity contribution < 1.29 is 14.3 Å². The van der Waals surface area contributed by atoms with Gasteiger partial charge in [0.1, 0.15) is 5.60 Å². The minimum Gasteiger partial charge on any atom is -0.434 e. The molecule has 0 aromatic heterocycles. The summed E-state index contributed by atoms with van der Waals surface area (Å²) in [6.07, 6.45) is 0.620. The van der Waals surface area contributed by atoms with Gasteiger partial charge in [-0.15, -0.1) is 0 Å². The van der Waals surface area contributed by atoms with Crippen molar-refractivity contribution in [1.82, 2.24) is 0 Å². The van der Waals surface area contributed by atoms with Crippen LogP contribution in [0.1, 0.15) is 34.1 Å². The zero-order chi connectivity index (χ0) is 10.1. The van der Waals surface area contributed by atoms with E-state index in [1.165, 1.54) is 6.42 Å². The van der Waals surface area contributed by atoms with Crippen molar-refractivity contribution in [3.05, 3.63) is 0 Å². The van der Waals surface area contributed by atoms with E-state index in [-0.39, 0.29) is 0 Å². The Morgan fingerprint density at radius 3 is 2.38 bits per heavy atom. The molecule has 0 bridgehead atoms. The van der Waals surface area contributed by atoms with Gasteiger partial charge in [-0.05, 0) is 39.0 Å². The van der Waals surface area contributed by atoms with Gasteiger partial charge in [0.15, 0.2) is 0 Å². The SMILES string of the molecule is C[C@H]1C[C@H]1COC(=O)OC(C)(C)C. The molecule has 1 rings (SSSR count). The first kappa shape index (κ1) is 10.4. The highest BCUT2D eigenvalue weighted by molar-refractivity contribution is 5.60. The van der Waals surface area contributed by atoms with Gasteiger partial charge in [0.05, 0.1) is 6.61 Å². The van der Waals surface area contributed by atoms with Crippen molar-refractivity contribution >= 4 is 6.16 Å². The lowest BCUT2D eigenvalue weighted by Gasteiger charge is -2.18. The summed E-state index contributed by atoms with van der Waals surface area (Å²) in [5.41, 5.74) is -0.452. The molecule has 1 saturated carbocycles. The number of carbonyl (C=O) groups is 1. The molecule has 1 aliphatic carbocycles. The van der Waals surface area contributed by atoms with E-state index in [2.05, 4.69) is 6.92 Å². The highest BCUT2D eigenvalue weighted by Crippen LogP contribution is 2.37. The lowest BCUT2D eigenvalue weighted by atomic mass is 10.2. The maximum absolute atomic E-state index is 11.1. The normalized spacial score (nSPS) is 26.8. The molecule has 0 aromatic rings. The fourth-order valence-electron chi connectivity index (χ4n) is 1.09. The molecule has 0 heterocycles. The van der Waals surface area contributed by atoms with E-state index in [0.29, 0.717) is 18.4 Å². The molecule has 0 aromatic carbocycles. The van der Waals surface area contributed by atoms with Crippen molar-refractivity contribution in [2.75, 3.05) is 6.61 Å². The van der Waals surface area contributed by atoms with E-state index in [1.807, 2.05) is 20.8 Å². The fraction of sp³-hybridized carbons (Fsp3) is 0.900. The van der Waals surface area contributed by atoms with Gasteiger partial charge >= 0.3 is 6.16 Å². The zero-order valence-electron chi connectivity index (χ0n) is 8.79. The summed E-state index contributed by atoms with van der Waals surface area (Å²) >= 11 is 0. The quantitative estimate of drug-likeness (QED) is 0.622. The standard InChI is InChI=1S/C10H18O3/c1-7-5-8(7)6-12-9(11)13-10(2,3)4/h7-8H,5-6H2,1-4H3/t7-,8-/m0/s1. The van der Waals surface area contributed by atoms with Crippen LogP contribution in [0.3, 0.4) is 0 Å². The average Bonchev–Trinajstić information content (AvgIpc) is 2.58. The fourth-order valence-corrected chi connectivity index (χ4v) is 1.09. The first-order valence-electron chi connectivity index (χ1n) is 4.74. The molecule has 3 nitrogen and oxygen atoms in total. The number of hydrogen-bond donors (Lipinski definition) is 0. The van der Waals surface area contributed by atoms with Crippen LogP contribution in [-0.4, -0.2) is 18.4 Å². The highest BCUT2D eigenvalue weighted by Gasteiger charge is 2.34. The van der Waals surface area contributed by atoms with Crippen LogP contribution in [0.4, 0.5) is 4.79 Å². The van der Waals surface area contributed by atoms with E-state index in [9.17, 15) is 4.79 Å². The second kappa shape index (κ2) is 3.56. The molecule has 13 heavy (non-hydrogen) atoms. The highest BCUT2D eigenvalue weighted by atomic mass is 16.7. The molecule has 76 valence electrons. The van der Waals surface area contributed by atoms with E-state index < -0.39 is 11.8 Å². The minimum absolute atomic E-state index is 0.452. The van der Waals surface area contributed by atoms with Gasteiger partial charge in [-0.2, -0.15) is 0 Å². The third-order valence-electron chi connectivity index (χ3n) is 2.08. The Morgan fingerprint density at radius 2 is 2.00 bits per heavy atom. The van der Waals surface area contributed by atoms with E-state index in [1.54, 1.807) is 0 Å². The van der Waals surface area contributed by atoms with Crippen LogP contribution in [0.15, 0.2) is 0 Å². The summed E-state index contributed by atoms with van der Waals surface area (Å²) in [5, 5.41) is 0. The van der Waals surface area contributed by atoms with Gasteiger partial charge in [0.2, 0.25) is 0 Å². The summed E-state index contributed by atoms with van der Waals surface area (Å²) in [5.74, 6) is 1.27. The van der Waals surface area contributed by atoms with Gasteiger partial charge < -0.3 is 9.47 Å². The first-order chi connectivity index (χ1) is 5.88. The van der Waals surface area contributed by atoms with E-state index >= 15 is 0 Å². The van der Waals surface area contributed by atoms with Crippen LogP contribution in [0.5, 0.6) is 0 Å². The topological polar surface area (TPSA) is 35.5 Å². The van der Waals surface area contributed by atoms with Crippen molar-refractivity contribution in [2.24, 2.45) is 11.8 Å². The van der Waals surface area contributed by atoms with Crippen molar-refractivity contribution in [3.8, 4) is 0 Å². The maximum atomic E-state index is 11.1. The minimum atomic E-state index is -0.549. The number of carbonyl (C=O) groups excluding carboxylic acids is 1.